The number of hydrogen-bond acceptors (Lipinski definition) is 4. The Bertz CT molecular complexity index is 463. The van der Waals surface area contributed by atoms with Crippen molar-refractivity contribution in [2.24, 2.45) is 0 Å². The van der Waals surface area contributed by atoms with Gasteiger partial charge in [0, 0.05) is 17.8 Å². The van der Waals surface area contributed by atoms with Gasteiger partial charge in [-0.2, -0.15) is 11.8 Å². The van der Waals surface area contributed by atoms with Crippen LogP contribution in [-0.2, 0) is 17.8 Å². The summed E-state index contributed by atoms with van der Waals surface area (Å²) in [4.78, 5) is 12.3. The standard InChI is InChI=1S/C15H22N2O2S/c1-10(14(9-18)20-2)17-15(19)13-7-11-5-3-4-6-12(11)8-16-13/h3-6,10,13-14,16,18H,7-9H2,1-2H3,(H,17,19)/t10?,13-,14?/m0/s1. The van der Waals surface area contributed by atoms with E-state index in [-0.39, 0.29) is 29.8 Å². The SMILES string of the molecule is CSC(CO)C(C)NC(=O)[C@@H]1Cc2ccccc2CN1. The van der Waals surface area contributed by atoms with Crippen LogP contribution in [0, 0.1) is 0 Å². The fourth-order valence-corrected chi connectivity index (χ4v) is 3.12. The molecule has 3 N–H and O–H groups in total. The lowest BCUT2D eigenvalue weighted by atomic mass is 9.95. The Hall–Kier alpha value is -1.04. The molecule has 1 amide bonds. The Kier molecular flexibility index (Phi) is 5.46. The van der Waals surface area contributed by atoms with Crippen LogP contribution in [-0.4, -0.2) is 41.2 Å². The van der Waals surface area contributed by atoms with E-state index in [1.54, 1.807) is 11.8 Å². The van der Waals surface area contributed by atoms with Gasteiger partial charge in [0.1, 0.15) is 0 Å². The van der Waals surface area contributed by atoms with E-state index in [0.717, 1.165) is 13.0 Å². The Balaban J connectivity index is 1.95. The van der Waals surface area contributed by atoms with Gasteiger partial charge in [0.2, 0.25) is 5.91 Å². The maximum Gasteiger partial charge on any atom is 0.237 e. The Morgan fingerprint density at radius 2 is 2.20 bits per heavy atom. The normalized spacial score (nSPS) is 20.9. The van der Waals surface area contributed by atoms with Crippen LogP contribution in [0.3, 0.4) is 0 Å². The highest BCUT2D eigenvalue weighted by atomic mass is 32.2. The molecule has 1 aliphatic rings. The third kappa shape index (κ3) is 3.53. The minimum atomic E-state index is -0.187. The highest BCUT2D eigenvalue weighted by Crippen LogP contribution is 2.17. The van der Waals surface area contributed by atoms with Crippen LogP contribution < -0.4 is 10.6 Å². The van der Waals surface area contributed by atoms with Gasteiger partial charge < -0.3 is 15.7 Å². The smallest absolute Gasteiger partial charge is 0.237 e. The zero-order chi connectivity index (χ0) is 14.5. The topological polar surface area (TPSA) is 61.4 Å². The van der Waals surface area contributed by atoms with Gasteiger partial charge in [0.15, 0.2) is 0 Å². The minimum Gasteiger partial charge on any atom is -0.395 e. The summed E-state index contributed by atoms with van der Waals surface area (Å²) in [6.07, 6.45) is 2.66. The van der Waals surface area contributed by atoms with Crippen LogP contribution in [0.25, 0.3) is 0 Å². The largest absolute Gasteiger partial charge is 0.395 e. The summed E-state index contributed by atoms with van der Waals surface area (Å²) in [5, 5.41) is 15.6. The summed E-state index contributed by atoms with van der Waals surface area (Å²) in [6, 6.07) is 7.98. The third-order valence-electron chi connectivity index (χ3n) is 3.81. The van der Waals surface area contributed by atoms with Crippen LogP contribution in [0.1, 0.15) is 18.1 Å². The number of carbonyl (C=O) groups is 1. The van der Waals surface area contributed by atoms with Gasteiger partial charge >= 0.3 is 0 Å². The van der Waals surface area contributed by atoms with Gasteiger partial charge in [-0.1, -0.05) is 24.3 Å². The number of aliphatic hydroxyl groups is 1. The lowest BCUT2D eigenvalue weighted by Gasteiger charge is -2.28. The molecule has 3 atom stereocenters. The predicted octanol–water partition coefficient (Wildman–Crippen LogP) is 0.929. The van der Waals surface area contributed by atoms with E-state index in [9.17, 15) is 9.90 Å². The van der Waals surface area contributed by atoms with Crippen molar-refractivity contribution < 1.29 is 9.90 Å². The summed E-state index contributed by atoms with van der Waals surface area (Å²) < 4.78 is 0. The highest BCUT2D eigenvalue weighted by Gasteiger charge is 2.26. The van der Waals surface area contributed by atoms with E-state index in [1.165, 1.54) is 11.1 Å². The summed E-state index contributed by atoms with van der Waals surface area (Å²) in [5.74, 6) is 0.0134. The van der Waals surface area contributed by atoms with Crippen molar-refractivity contribution in [3.05, 3.63) is 35.4 Å². The Morgan fingerprint density at radius 1 is 1.50 bits per heavy atom. The first-order valence-corrected chi connectivity index (χ1v) is 8.18. The highest BCUT2D eigenvalue weighted by molar-refractivity contribution is 7.99. The second-order valence-electron chi connectivity index (χ2n) is 5.16. The molecule has 0 fully saturated rings. The molecular weight excluding hydrogens is 272 g/mol. The van der Waals surface area contributed by atoms with E-state index in [2.05, 4.69) is 22.8 Å². The number of hydrogen-bond donors (Lipinski definition) is 3. The van der Waals surface area contributed by atoms with E-state index in [4.69, 9.17) is 0 Å². The molecule has 110 valence electrons. The first-order valence-electron chi connectivity index (χ1n) is 6.90. The second-order valence-corrected chi connectivity index (χ2v) is 6.24. The number of amides is 1. The lowest BCUT2D eigenvalue weighted by molar-refractivity contribution is -0.124. The van der Waals surface area contributed by atoms with E-state index < -0.39 is 0 Å². The molecule has 0 saturated heterocycles. The molecular formula is C15H22N2O2S. The van der Waals surface area contributed by atoms with Gasteiger partial charge in [-0.3, -0.25) is 4.79 Å². The van der Waals surface area contributed by atoms with Gasteiger partial charge in [-0.25, -0.2) is 0 Å². The maximum atomic E-state index is 12.3. The first-order chi connectivity index (χ1) is 9.65. The molecule has 5 heteroatoms. The van der Waals surface area contributed by atoms with E-state index >= 15 is 0 Å². The van der Waals surface area contributed by atoms with Gasteiger partial charge in [0.05, 0.1) is 12.6 Å². The summed E-state index contributed by atoms with van der Waals surface area (Å²) in [7, 11) is 0. The zero-order valence-corrected chi connectivity index (χ0v) is 12.7. The monoisotopic (exact) mass is 294 g/mol. The molecule has 1 aliphatic heterocycles. The zero-order valence-electron chi connectivity index (χ0n) is 11.9. The van der Waals surface area contributed by atoms with Crippen LogP contribution in [0.5, 0.6) is 0 Å². The average Bonchev–Trinajstić information content (AvgIpc) is 2.48. The van der Waals surface area contributed by atoms with Crippen LogP contribution >= 0.6 is 11.8 Å². The molecule has 0 aliphatic carbocycles. The Morgan fingerprint density at radius 3 is 2.85 bits per heavy atom. The van der Waals surface area contributed by atoms with Crippen molar-refractivity contribution >= 4 is 17.7 Å². The van der Waals surface area contributed by atoms with Crippen molar-refractivity contribution in [2.75, 3.05) is 12.9 Å². The lowest BCUT2D eigenvalue weighted by Crippen LogP contribution is -2.52. The van der Waals surface area contributed by atoms with Crippen LogP contribution in [0.4, 0.5) is 0 Å². The van der Waals surface area contributed by atoms with Crippen LogP contribution in [0.15, 0.2) is 24.3 Å². The first kappa shape index (κ1) is 15.4. The molecule has 1 aromatic carbocycles. The molecule has 1 heterocycles. The number of aliphatic hydroxyl groups excluding tert-OH is 1. The molecule has 0 saturated carbocycles. The van der Waals surface area contributed by atoms with Crippen molar-refractivity contribution in [1.82, 2.24) is 10.6 Å². The molecule has 1 aromatic rings. The van der Waals surface area contributed by atoms with Crippen molar-refractivity contribution in [3.63, 3.8) is 0 Å². The molecule has 0 spiro atoms. The van der Waals surface area contributed by atoms with Crippen molar-refractivity contribution in [2.45, 2.75) is 37.2 Å². The number of carbonyl (C=O) groups excluding carboxylic acids is 1. The second kappa shape index (κ2) is 7.11. The summed E-state index contributed by atoms with van der Waals surface area (Å²) >= 11 is 1.57. The van der Waals surface area contributed by atoms with Gasteiger partial charge in [0.25, 0.3) is 0 Å². The third-order valence-corrected chi connectivity index (χ3v) is 4.97. The molecule has 0 radical (unpaired) electrons. The number of fused-ring (bicyclic) bond motifs is 1. The summed E-state index contributed by atoms with van der Waals surface area (Å²) in [6.45, 7) is 2.74. The van der Waals surface area contributed by atoms with Gasteiger partial charge in [-0.05, 0) is 30.7 Å². The average molecular weight is 294 g/mol. The fourth-order valence-electron chi connectivity index (χ4n) is 2.49. The van der Waals surface area contributed by atoms with E-state index in [1.807, 2.05) is 25.3 Å². The maximum absolute atomic E-state index is 12.3. The Labute approximate surface area is 124 Å². The summed E-state index contributed by atoms with van der Waals surface area (Å²) in [5.41, 5.74) is 2.50. The molecule has 4 nitrogen and oxygen atoms in total. The fraction of sp³-hybridized carbons (Fsp3) is 0.533. The molecule has 0 aromatic heterocycles. The predicted molar refractivity (Wildman–Crippen MR) is 82.8 cm³/mol. The van der Waals surface area contributed by atoms with Crippen molar-refractivity contribution in [1.29, 1.82) is 0 Å². The van der Waals surface area contributed by atoms with Crippen LogP contribution in [0.2, 0.25) is 0 Å². The van der Waals surface area contributed by atoms with Crippen molar-refractivity contribution in [3.8, 4) is 0 Å². The number of benzene rings is 1. The quantitative estimate of drug-likeness (QED) is 0.756. The molecule has 2 unspecified atom stereocenters. The molecule has 20 heavy (non-hydrogen) atoms. The van der Waals surface area contributed by atoms with Gasteiger partial charge in [-0.15, -0.1) is 0 Å². The minimum absolute atomic E-state index is 0.0134. The number of rotatable bonds is 5. The van der Waals surface area contributed by atoms with E-state index in [0.29, 0.717) is 0 Å². The number of thioether (sulfide) groups is 1. The number of nitrogens with one attached hydrogen (secondary N) is 2. The molecule has 0 bridgehead atoms. The molecule has 2 rings (SSSR count).